The topological polar surface area (TPSA) is 32.7 Å². The predicted octanol–water partition coefficient (Wildman–Crippen LogP) is 2.43. The highest BCUT2D eigenvalue weighted by molar-refractivity contribution is 5.26. The molecule has 0 aliphatic carbocycles. The fraction of sp³-hybridized carbons (Fsp3) is 0.600. The van der Waals surface area contributed by atoms with Gasteiger partial charge >= 0.3 is 0 Å². The van der Waals surface area contributed by atoms with Crippen molar-refractivity contribution in [3.63, 3.8) is 0 Å². The maximum Gasteiger partial charge on any atom is 0.115 e. The first-order chi connectivity index (χ1) is 8.54. The van der Waals surface area contributed by atoms with Crippen LogP contribution >= 0.6 is 0 Å². The Balaban J connectivity index is 1.94. The molecule has 100 valence electrons. The first-order valence-electron chi connectivity index (χ1n) is 6.72. The lowest BCUT2D eigenvalue weighted by Gasteiger charge is -2.39. The molecular formula is C15H23NO2. The molecule has 1 heterocycles. The monoisotopic (exact) mass is 249 g/mol. The van der Waals surface area contributed by atoms with Crippen molar-refractivity contribution in [2.24, 2.45) is 0 Å². The van der Waals surface area contributed by atoms with Gasteiger partial charge in [-0.1, -0.05) is 12.1 Å². The highest BCUT2D eigenvalue weighted by atomic mass is 16.5. The number of benzene rings is 1. The molecule has 3 nitrogen and oxygen atoms in total. The van der Waals surface area contributed by atoms with E-state index in [-0.39, 0.29) is 0 Å². The number of rotatable bonds is 3. The second kappa shape index (κ2) is 5.72. The zero-order valence-corrected chi connectivity index (χ0v) is 11.5. The Bertz CT molecular complexity index is 367. The first kappa shape index (κ1) is 13.4. The SMILES string of the molecule is CC1CN(C(C)Cc2ccc(O)cc2)CC(C)O1. The Morgan fingerprint density at radius 3 is 2.33 bits per heavy atom. The molecule has 2 rings (SSSR count). The minimum atomic E-state index is 0.316. The van der Waals surface area contributed by atoms with Gasteiger partial charge in [0.15, 0.2) is 0 Å². The molecule has 3 unspecified atom stereocenters. The van der Waals surface area contributed by atoms with Gasteiger partial charge in [0, 0.05) is 19.1 Å². The van der Waals surface area contributed by atoms with Crippen molar-refractivity contribution < 1.29 is 9.84 Å². The van der Waals surface area contributed by atoms with Gasteiger partial charge in [-0.05, 0) is 44.9 Å². The number of ether oxygens (including phenoxy) is 1. The molecule has 0 saturated carbocycles. The van der Waals surface area contributed by atoms with Crippen molar-refractivity contribution >= 4 is 0 Å². The molecule has 0 amide bonds. The Labute approximate surface area is 109 Å². The van der Waals surface area contributed by atoms with Gasteiger partial charge in [0.1, 0.15) is 5.75 Å². The summed E-state index contributed by atoms with van der Waals surface area (Å²) in [6.45, 7) is 8.54. The number of nitrogens with zero attached hydrogens (tertiary/aromatic N) is 1. The van der Waals surface area contributed by atoms with Crippen LogP contribution in [0.15, 0.2) is 24.3 Å². The highest BCUT2D eigenvalue weighted by Crippen LogP contribution is 2.17. The average Bonchev–Trinajstić information content (AvgIpc) is 2.31. The Morgan fingerprint density at radius 1 is 1.22 bits per heavy atom. The number of aromatic hydroxyl groups is 1. The number of phenolic OH excluding ortho intramolecular Hbond substituents is 1. The average molecular weight is 249 g/mol. The predicted molar refractivity (Wildman–Crippen MR) is 72.9 cm³/mol. The van der Waals surface area contributed by atoms with Crippen molar-refractivity contribution in [3.05, 3.63) is 29.8 Å². The van der Waals surface area contributed by atoms with Gasteiger partial charge in [0.2, 0.25) is 0 Å². The van der Waals surface area contributed by atoms with Crippen LogP contribution in [0.25, 0.3) is 0 Å². The van der Waals surface area contributed by atoms with Crippen molar-refractivity contribution in [2.45, 2.75) is 45.4 Å². The molecule has 1 aliphatic rings. The third-order valence-corrected chi connectivity index (χ3v) is 3.54. The summed E-state index contributed by atoms with van der Waals surface area (Å²) >= 11 is 0. The molecule has 3 atom stereocenters. The van der Waals surface area contributed by atoms with Gasteiger partial charge in [0.25, 0.3) is 0 Å². The molecule has 0 spiro atoms. The van der Waals surface area contributed by atoms with E-state index >= 15 is 0 Å². The van der Waals surface area contributed by atoms with Crippen LogP contribution in [0.3, 0.4) is 0 Å². The molecule has 1 N–H and O–H groups in total. The molecule has 1 aromatic rings. The smallest absolute Gasteiger partial charge is 0.115 e. The summed E-state index contributed by atoms with van der Waals surface area (Å²) in [4.78, 5) is 2.49. The largest absolute Gasteiger partial charge is 0.508 e. The van der Waals surface area contributed by atoms with Gasteiger partial charge < -0.3 is 9.84 Å². The van der Waals surface area contributed by atoms with E-state index in [1.165, 1.54) is 5.56 Å². The number of hydrogen-bond acceptors (Lipinski definition) is 3. The fourth-order valence-corrected chi connectivity index (χ4v) is 2.68. The molecule has 0 radical (unpaired) electrons. The second-order valence-corrected chi connectivity index (χ2v) is 5.43. The summed E-state index contributed by atoms with van der Waals surface area (Å²) in [6, 6.07) is 8.01. The maximum atomic E-state index is 9.28. The molecule has 3 heteroatoms. The van der Waals surface area contributed by atoms with Crippen LogP contribution in [-0.4, -0.2) is 41.3 Å². The summed E-state index contributed by atoms with van der Waals surface area (Å²) in [5, 5.41) is 9.28. The minimum absolute atomic E-state index is 0.316. The third-order valence-electron chi connectivity index (χ3n) is 3.54. The van der Waals surface area contributed by atoms with E-state index in [4.69, 9.17) is 4.74 Å². The highest BCUT2D eigenvalue weighted by Gasteiger charge is 2.25. The van der Waals surface area contributed by atoms with Gasteiger partial charge in [-0.15, -0.1) is 0 Å². The van der Waals surface area contributed by atoms with Crippen molar-refractivity contribution in [1.29, 1.82) is 0 Å². The Morgan fingerprint density at radius 2 is 1.78 bits per heavy atom. The summed E-state index contributed by atoms with van der Waals surface area (Å²) in [6.07, 6.45) is 1.65. The summed E-state index contributed by atoms with van der Waals surface area (Å²) in [5.41, 5.74) is 1.27. The molecule has 1 fully saturated rings. The lowest BCUT2D eigenvalue weighted by atomic mass is 10.0. The van der Waals surface area contributed by atoms with Crippen LogP contribution in [0.2, 0.25) is 0 Å². The molecule has 18 heavy (non-hydrogen) atoms. The van der Waals surface area contributed by atoms with Gasteiger partial charge in [0.05, 0.1) is 12.2 Å². The minimum Gasteiger partial charge on any atom is -0.508 e. The molecule has 1 saturated heterocycles. The molecule has 1 aromatic carbocycles. The standard InChI is InChI=1S/C15H23NO2/c1-11(8-14-4-6-15(17)7-5-14)16-9-12(2)18-13(3)10-16/h4-7,11-13,17H,8-10H2,1-3H3. The Kier molecular flexibility index (Phi) is 4.25. The van der Waals surface area contributed by atoms with E-state index in [1.807, 2.05) is 12.1 Å². The van der Waals surface area contributed by atoms with E-state index < -0.39 is 0 Å². The molecule has 1 aliphatic heterocycles. The zero-order valence-electron chi connectivity index (χ0n) is 11.5. The summed E-state index contributed by atoms with van der Waals surface area (Å²) < 4.78 is 5.76. The van der Waals surface area contributed by atoms with Crippen molar-refractivity contribution in [1.82, 2.24) is 4.90 Å². The van der Waals surface area contributed by atoms with Crippen LogP contribution in [0, 0.1) is 0 Å². The lowest BCUT2D eigenvalue weighted by Crippen LogP contribution is -2.49. The van der Waals surface area contributed by atoms with Gasteiger partial charge in [-0.2, -0.15) is 0 Å². The van der Waals surface area contributed by atoms with Gasteiger partial charge in [-0.25, -0.2) is 0 Å². The first-order valence-corrected chi connectivity index (χ1v) is 6.72. The number of morpholine rings is 1. The van der Waals surface area contributed by atoms with Crippen LogP contribution in [-0.2, 0) is 11.2 Å². The van der Waals surface area contributed by atoms with Crippen LogP contribution in [0.5, 0.6) is 5.75 Å². The lowest BCUT2D eigenvalue weighted by molar-refractivity contribution is -0.0782. The third kappa shape index (κ3) is 3.47. The second-order valence-electron chi connectivity index (χ2n) is 5.43. The van der Waals surface area contributed by atoms with E-state index in [1.54, 1.807) is 12.1 Å². The molecule has 0 bridgehead atoms. The zero-order chi connectivity index (χ0) is 13.1. The van der Waals surface area contributed by atoms with Crippen molar-refractivity contribution in [3.8, 4) is 5.75 Å². The molecule has 0 aromatic heterocycles. The summed E-state index contributed by atoms with van der Waals surface area (Å²) in [5.74, 6) is 0.333. The fourth-order valence-electron chi connectivity index (χ4n) is 2.68. The summed E-state index contributed by atoms with van der Waals surface area (Å²) in [7, 11) is 0. The van der Waals surface area contributed by atoms with Crippen LogP contribution in [0.4, 0.5) is 0 Å². The number of hydrogen-bond donors (Lipinski definition) is 1. The Hall–Kier alpha value is -1.06. The van der Waals surface area contributed by atoms with E-state index in [0.717, 1.165) is 19.5 Å². The van der Waals surface area contributed by atoms with E-state index in [2.05, 4.69) is 25.7 Å². The van der Waals surface area contributed by atoms with Gasteiger partial charge in [-0.3, -0.25) is 4.90 Å². The maximum absolute atomic E-state index is 9.28. The van der Waals surface area contributed by atoms with Crippen LogP contribution in [0.1, 0.15) is 26.3 Å². The van der Waals surface area contributed by atoms with E-state index in [9.17, 15) is 5.11 Å². The molecular weight excluding hydrogens is 226 g/mol. The normalized spacial score (nSPS) is 27.1. The number of phenols is 1. The van der Waals surface area contributed by atoms with Crippen molar-refractivity contribution in [2.75, 3.05) is 13.1 Å². The quantitative estimate of drug-likeness (QED) is 0.893. The van der Waals surface area contributed by atoms with E-state index in [0.29, 0.717) is 24.0 Å². The van der Waals surface area contributed by atoms with Crippen LogP contribution < -0.4 is 0 Å².